The number of aryl methyl sites for hydroxylation is 2. The summed E-state index contributed by atoms with van der Waals surface area (Å²) in [7, 11) is 0. The molecule has 0 bridgehead atoms. The van der Waals surface area contributed by atoms with E-state index in [1.54, 1.807) is 10.6 Å². The predicted molar refractivity (Wildman–Crippen MR) is 71.7 cm³/mol. The molecule has 0 unspecified atom stereocenters. The number of benzene rings is 1. The smallest absolute Gasteiger partial charge is 0.326 e. The van der Waals surface area contributed by atoms with E-state index in [-0.39, 0.29) is 5.69 Å². The summed E-state index contributed by atoms with van der Waals surface area (Å²) in [5, 5.41) is 11.2. The summed E-state index contributed by atoms with van der Waals surface area (Å²) in [5.74, 6) is 0. The van der Waals surface area contributed by atoms with Gasteiger partial charge in [0.05, 0.1) is 5.52 Å². The van der Waals surface area contributed by atoms with Crippen molar-refractivity contribution < 1.29 is 4.73 Å². The Hall–Kier alpha value is -2.56. The van der Waals surface area contributed by atoms with E-state index in [2.05, 4.69) is 4.98 Å². The summed E-state index contributed by atoms with van der Waals surface area (Å²) < 4.78 is 2.34. The lowest BCUT2D eigenvalue weighted by molar-refractivity contribution is -0.604. The predicted octanol–water partition coefficient (Wildman–Crippen LogP) is 1.21. The number of aromatic nitrogens is 3. The molecule has 0 fully saturated rings. The molecule has 1 N–H and O–H groups in total. The highest BCUT2D eigenvalue weighted by Crippen LogP contribution is 2.08. The fourth-order valence-corrected chi connectivity index (χ4v) is 2.20. The Bertz CT molecular complexity index is 759. The highest BCUT2D eigenvalue weighted by molar-refractivity contribution is 5.72. The van der Waals surface area contributed by atoms with Gasteiger partial charge in [0, 0.05) is 12.6 Å². The molecular formula is C14H13N3O2. The Morgan fingerprint density at radius 3 is 2.79 bits per heavy atom. The van der Waals surface area contributed by atoms with E-state index >= 15 is 0 Å². The Balaban J connectivity index is 1.93. The summed E-state index contributed by atoms with van der Waals surface area (Å²) in [4.78, 5) is 14.6. The van der Waals surface area contributed by atoms with Crippen LogP contribution in [-0.4, -0.2) is 9.55 Å². The van der Waals surface area contributed by atoms with Crippen LogP contribution >= 0.6 is 0 Å². The van der Waals surface area contributed by atoms with E-state index in [4.69, 9.17) is 0 Å². The number of aromatic amines is 1. The van der Waals surface area contributed by atoms with E-state index in [1.165, 1.54) is 18.0 Å². The van der Waals surface area contributed by atoms with Gasteiger partial charge in [0.25, 0.3) is 0 Å². The molecule has 0 aliphatic heterocycles. The molecule has 2 aromatic heterocycles. The van der Waals surface area contributed by atoms with Crippen molar-refractivity contribution in [3.8, 4) is 0 Å². The summed E-state index contributed by atoms with van der Waals surface area (Å²) in [6, 6.07) is 11.7. The van der Waals surface area contributed by atoms with Crippen LogP contribution in [0.2, 0.25) is 0 Å². The molecule has 0 aliphatic carbocycles. The quantitative estimate of drug-likeness (QED) is 0.564. The number of pyridine rings is 1. The van der Waals surface area contributed by atoms with Gasteiger partial charge >= 0.3 is 5.69 Å². The van der Waals surface area contributed by atoms with Crippen LogP contribution in [0.4, 0.5) is 0 Å². The number of nitrogens with one attached hydrogen (secondary N) is 1. The monoisotopic (exact) mass is 255 g/mol. The molecule has 3 rings (SSSR count). The average molecular weight is 255 g/mol. The second-order valence-electron chi connectivity index (χ2n) is 4.42. The van der Waals surface area contributed by atoms with Crippen LogP contribution < -0.4 is 10.4 Å². The van der Waals surface area contributed by atoms with E-state index in [0.717, 1.165) is 11.9 Å². The van der Waals surface area contributed by atoms with Crippen molar-refractivity contribution in [2.45, 2.75) is 13.0 Å². The van der Waals surface area contributed by atoms with Gasteiger partial charge in [-0.2, -0.15) is 4.73 Å². The minimum Gasteiger partial charge on any atom is -0.619 e. The minimum atomic E-state index is -0.183. The van der Waals surface area contributed by atoms with E-state index in [0.29, 0.717) is 16.8 Å². The summed E-state index contributed by atoms with van der Waals surface area (Å²) >= 11 is 0. The number of nitrogens with zero attached hydrogens (tertiary/aromatic N) is 2. The lowest BCUT2D eigenvalue weighted by atomic mass is 10.1. The summed E-state index contributed by atoms with van der Waals surface area (Å²) in [6.07, 6.45) is 3.55. The first kappa shape index (κ1) is 11.5. The third-order valence-corrected chi connectivity index (χ3v) is 3.16. The standard InChI is InChI=1S/C14H13N3O2/c18-14-15-12-10-16(19)8-7-13(12)17(14)9-6-11-4-2-1-3-5-11/h1-5,7-8,10H,6,9H2,(H,15,18). The van der Waals surface area contributed by atoms with Gasteiger partial charge in [-0.1, -0.05) is 30.3 Å². The lowest BCUT2D eigenvalue weighted by Gasteiger charge is -2.03. The zero-order valence-electron chi connectivity index (χ0n) is 10.2. The van der Waals surface area contributed by atoms with Crippen molar-refractivity contribution in [1.82, 2.24) is 9.55 Å². The number of H-pyrrole nitrogens is 1. The first-order valence-electron chi connectivity index (χ1n) is 6.09. The minimum absolute atomic E-state index is 0.183. The van der Waals surface area contributed by atoms with Gasteiger partial charge < -0.3 is 10.2 Å². The molecule has 0 amide bonds. The molecule has 0 aliphatic rings. The van der Waals surface area contributed by atoms with Crippen LogP contribution in [0.15, 0.2) is 53.6 Å². The van der Waals surface area contributed by atoms with E-state index < -0.39 is 0 Å². The number of hydrogen-bond donors (Lipinski definition) is 1. The van der Waals surface area contributed by atoms with Crippen molar-refractivity contribution >= 4 is 11.0 Å². The molecule has 0 saturated heterocycles. The van der Waals surface area contributed by atoms with Crippen LogP contribution in [0.1, 0.15) is 5.56 Å². The Morgan fingerprint density at radius 1 is 1.21 bits per heavy atom. The fraction of sp³-hybridized carbons (Fsp3) is 0.143. The molecule has 2 heterocycles. The molecule has 19 heavy (non-hydrogen) atoms. The molecule has 0 spiro atoms. The Morgan fingerprint density at radius 2 is 2.00 bits per heavy atom. The summed E-state index contributed by atoms with van der Waals surface area (Å²) in [5.41, 5.74) is 2.32. The van der Waals surface area contributed by atoms with Crippen molar-refractivity contribution in [2.24, 2.45) is 0 Å². The highest BCUT2D eigenvalue weighted by atomic mass is 16.5. The molecular weight excluding hydrogens is 242 g/mol. The molecule has 3 aromatic rings. The van der Waals surface area contributed by atoms with Gasteiger partial charge in [-0.25, -0.2) is 4.79 Å². The molecule has 0 saturated carbocycles. The van der Waals surface area contributed by atoms with E-state index in [1.807, 2.05) is 30.3 Å². The largest absolute Gasteiger partial charge is 0.619 e. The molecule has 1 aromatic carbocycles. The Kier molecular flexibility index (Phi) is 2.79. The van der Waals surface area contributed by atoms with Crippen molar-refractivity contribution in [3.05, 3.63) is 70.0 Å². The normalized spacial score (nSPS) is 10.9. The maximum absolute atomic E-state index is 11.9. The molecule has 0 radical (unpaired) electrons. The average Bonchev–Trinajstić information content (AvgIpc) is 2.72. The SMILES string of the molecule is O=c1[nH]c2c[n+]([O-])ccc2n1CCc1ccccc1. The van der Waals surface area contributed by atoms with Gasteiger partial charge in [-0.15, -0.1) is 0 Å². The summed E-state index contributed by atoms with van der Waals surface area (Å²) in [6.45, 7) is 0.589. The first-order valence-corrected chi connectivity index (χ1v) is 6.09. The van der Waals surface area contributed by atoms with Gasteiger partial charge in [0.1, 0.15) is 5.52 Å². The molecule has 0 atom stereocenters. The maximum atomic E-state index is 11.9. The molecule has 5 nitrogen and oxygen atoms in total. The number of rotatable bonds is 3. The van der Waals surface area contributed by atoms with Crippen LogP contribution in [0.25, 0.3) is 11.0 Å². The highest BCUT2D eigenvalue weighted by Gasteiger charge is 2.08. The molecule has 96 valence electrons. The van der Waals surface area contributed by atoms with Crippen LogP contribution in [-0.2, 0) is 13.0 Å². The van der Waals surface area contributed by atoms with Crippen LogP contribution in [0.5, 0.6) is 0 Å². The van der Waals surface area contributed by atoms with Gasteiger partial charge in [0.15, 0.2) is 6.20 Å². The van der Waals surface area contributed by atoms with Crippen LogP contribution in [0, 0.1) is 5.21 Å². The van der Waals surface area contributed by atoms with Gasteiger partial charge in [-0.3, -0.25) is 4.57 Å². The zero-order chi connectivity index (χ0) is 13.2. The second kappa shape index (κ2) is 4.61. The number of fused-ring (bicyclic) bond motifs is 1. The van der Waals surface area contributed by atoms with E-state index in [9.17, 15) is 10.0 Å². The molecule has 5 heteroatoms. The van der Waals surface area contributed by atoms with Crippen molar-refractivity contribution in [1.29, 1.82) is 0 Å². The van der Waals surface area contributed by atoms with Crippen molar-refractivity contribution in [3.63, 3.8) is 0 Å². The van der Waals surface area contributed by atoms with Gasteiger partial charge in [-0.05, 0) is 12.0 Å². The van der Waals surface area contributed by atoms with Crippen LogP contribution in [0.3, 0.4) is 0 Å². The lowest BCUT2D eigenvalue weighted by Crippen LogP contribution is -2.23. The number of imidazole rings is 1. The first-order chi connectivity index (χ1) is 9.24. The third kappa shape index (κ3) is 2.22. The topological polar surface area (TPSA) is 64.7 Å². The fourth-order valence-electron chi connectivity index (χ4n) is 2.20. The zero-order valence-corrected chi connectivity index (χ0v) is 10.2. The third-order valence-electron chi connectivity index (χ3n) is 3.16. The number of hydrogen-bond acceptors (Lipinski definition) is 2. The van der Waals surface area contributed by atoms with Crippen molar-refractivity contribution in [2.75, 3.05) is 0 Å². The second-order valence-corrected chi connectivity index (χ2v) is 4.42. The van der Waals surface area contributed by atoms with Gasteiger partial charge in [0.2, 0.25) is 6.20 Å². The maximum Gasteiger partial charge on any atom is 0.326 e. The Labute approximate surface area is 109 Å².